The summed E-state index contributed by atoms with van der Waals surface area (Å²) in [5.41, 5.74) is 3.62. The highest BCUT2D eigenvalue weighted by Crippen LogP contribution is 2.15. The topological polar surface area (TPSA) is 107 Å². The van der Waals surface area contributed by atoms with Crippen LogP contribution in [0.25, 0.3) is 0 Å². The molecule has 0 radical (unpaired) electrons. The minimum absolute atomic E-state index is 0.193. The monoisotopic (exact) mass is 253 g/mol. The van der Waals surface area contributed by atoms with E-state index in [-0.39, 0.29) is 5.56 Å². The summed E-state index contributed by atoms with van der Waals surface area (Å²) in [7, 11) is 0. The number of primary amides is 1. The molecule has 1 aliphatic rings. The van der Waals surface area contributed by atoms with Crippen LogP contribution in [0.3, 0.4) is 0 Å². The van der Waals surface area contributed by atoms with Crippen LogP contribution < -0.4 is 17.0 Å². The number of nitrogens with one attached hydrogen (secondary N) is 1. The van der Waals surface area contributed by atoms with Crippen LogP contribution in [0, 0.1) is 5.92 Å². The van der Waals surface area contributed by atoms with Gasteiger partial charge in [-0.15, -0.1) is 0 Å². The van der Waals surface area contributed by atoms with Crippen LogP contribution in [0.4, 0.5) is 0 Å². The van der Waals surface area contributed by atoms with E-state index in [9.17, 15) is 14.4 Å². The van der Waals surface area contributed by atoms with Gasteiger partial charge in [-0.05, 0) is 18.8 Å². The van der Waals surface area contributed by atoms with Crippen molar-refractivity contribution in [2.45, 2.75) is 19.4 Å². The van der Waals surface area contributed by atoms with Gasteiger partial charge in [-0.1, -0.05) is 0 Å². The van der Waals surface area contributed by atoms with Gasteiger partial charge in [-0.25, -0.2) is 4.79 Å². The summed E-state index contributed by atoms with van der Waals surface area (Å²) in [5, 5.41) is 0. The second kappa shape index (κ2) is 5.18. The van der Waals surface area contributed by atoms with E-state index in [1.807, 2.05) is 0 Å². The summed E-state index contributed by atoms with van der Waals surface area (Å²) in [6.07, 6.45) is 2.95. The molecule has 0 spiro atoms. The van der Waals surface area contributed by atoms with E-state index in [1.165, 1.54) is 10.8 Å². The average Bonchev–Trinajstić information content (AvgIpc) is 2.33. The molecule has 0 atom stereocenters. The number of nitrogens with two attached hydrogens (primary N) is 1. The Morgan fingerprint density at radius 1 is 1.44 bits per heavy atom. The average molecular weight is 253 g/mol. The Labute approximate surface area is 103 Å². The summed E-state index contributed by atoms with van der Waals surface area (Å²) in [6.45, 7) is 1.80. The van der Waals surface area contributed by atoms with Gasteiger partial charge in [0.1, 0.15) is 5.56 Å². The van der Waals surface area contributed by atoms with Crippen molar-refractivity contribution in [3.63, 3.8) is 0 Å². The zero-order valence-corrected chi connectivity index (χ0v) is 9.85. The predicted octanol–water partition coefficient (Wildman–Crippen LogP) is -0.938. The fourth-order valence-corrected chi connectivity index (χ4v) is 2.03. The van der Waals surface area contributed by atoms with Gasteiger partial charge in [-0.3, -0.25) is 19.1 Å². The lowest BCUT2D eigenvalue weighted by molar-refractivity contribution is 0.0607. The van der Waals surface area contributed by atoms with Gasteiger partial charge in [0.15, 0.2) is 0 Å². The second-order valence-corrected chi connectivity index (χ2v) is 4.37. The number of hydrogen-bond donors (Lipinski definition) is 2. The van der Waals surface area contributed by atoms with Crippen molar-refractivity contribution < 1.29 is 9.53 Å². The normalized spacial score (nSPS) is 16.7. The number of carbonyl (C=O) groups is 1. The standard InChI is InChI=1S/C11H15N3O4/c12-9(15)8-6-14(11(17)13-10(8)16)5-7-1-3-18-4-2-7/h6-7H,1-5H2,(H2,12,15)(H,13,16,17). The molecule has 0 aliphatic carbocycles. The van der Waals surface area contributed by atoms with E-state index in [0.717, 1.165) is 12.8 Å². The smallest absolute Gasteiger partial charge is 0.328 e. The number of hydrogen-bond acceptors (Lipinski definition) is 4. The maximum absolute atomic E-state index is 11.6. The van der Waals surface area contributed by atoms with Crippen molar-refractivity contribution in [2.75, 3.05) is 13.2 Å². The van der Waals surface area contributed by atoms with E-state index in [4.69, 9.17) is 10.5 Å². The number of aromatic amines is 1. The number of aromatic nitrogens is 2. The summed E-state index contributed by atoms with van der Waals surface area (Å²) in [4.78, 5) is 36.1. The van der Waals surface area contributed by atoms with Crippen LogP contribution in [0.15, 0.2) is 15.8 Å². The molecule has 0 unspecified atom stereocenters. The van der Waals surface area contributed by atoms with Gasteiger partial charge >= 0.3 is 5.69 Å². The number of rotatable bonds is 3. The molecule has 98 valence electrons. The van der Waals surface area contributed by atoms with Crippen molar-refractivity contribution in [1.82, 2.24) is 9.55 Å². The summed E-state index contributed by atoms with van der Waals surface area (Å²) >= 11 is 0. The Morgan fingerprint density at radius 3 is 2.72 bits per heavy atom. The van der Waals surface area contributed by atoms with Gasteiger partial charge < -0.3 is 10.5 Å². The molecular formula is C11H15N3O4. The fourth-order valence-electron chi connectivity index (χ4n) is 2.03. The molecule has 0 saturated carbocycles. The molecule has 2 rings (SSSR count). The summed E-state index contributed by atoms with van der Waals surface area (Å²) in [5.74, 6) is -0.528. The lowest BCUT2D eigenvalue weighted by atomic mass is 10.0. The SMILES string of the molecule is NC(=O)c1cn(CC2CCOCC2)c(=O)[nH]c1=O. The highest BCUT2D eigenvalue weighted by Gasteiger charge is 2.16. The molecule has 3 N–H and O–H groups in total. The zero-order chi connectivity index (χ0) is 13.1. The molecule has 7 nitrogen and oxygen atoms in total. The molecule has 1 saturated heterocycles. The summed E-state index contributed by atoms with van der Waals surface area (Å²) in [6, 6.07) is 0. The number of nitrogens with zero attached hydrogens (tertiary/aromatic N) is 1. The van der Waals surface area contributed by atoms with Crippen LogP contribution in [0.5, 0.6) is 0 Å². The van der Waals surface area contributed by atoms with Gasteiger partial charge in [0.2, 0.25) is 0 Å². The molecular weight excluding hydrogens is 238 g/mol. The molecule has 1 aliphatic heterocycles. The van der Waals surface area contributed by atoms with Crippen LogP contribution in [-0.4, -0.2) is 28.7 Å². The molecule has 0 aromatic carbocycles. The largest absolute Gasteiger partial charge is 0.381 e. The second-order valence-electron chi connectivity index (χ2n) is 4.37. The van der Waals surface area contributed by atoms with Crippen LogP contribution >= 0.6 is 0 Å². The lowest BCUT2D eigenvalue weighted by Gasteiger charge is -2.22. The lowest BCUT2D eigenvalue weighted by Crippen LogP contribution is -2.36. The molecule has 0 bridgehead atoms. The first kappa shape index (κ1) is 12.6. The Kier molecular flexibility index (Phi) is 3.61. The zero-order valence-electron chi connectivity index (χ0n) is 9.85. The number of H-pyrrole nitrogens is 1. The molecule has 1 aromatic heterocycles. The third kappa shape index (κ3) is 2.67. The van der Waals surface area contributed by atoms with E-state index in [2.05, 4.69) is 4.98 Å². The maximum atomic E-state index is 11.6. The number of carbonyl (C=O) groups excluding carboxylic acids is 1. The van der Waals surface area contributed by atoms with Crippen molar-refractivity contribution in [1.29, 1.82) is 0 Å². The minimum atomic E-state index is -0.836. The Bertz CT molecular complexity index is 554. The van der Waals surface area contributed by atoms with E-state index < -0.39 is 17.2 Å². The Hall–Kier alpha value is -1.89. The fraction of sp³-hybridized carbons (Fsp3) is 0.545. The first-order valence-corrected chi connectivity index (χ1v) is 5.79. The van der Waals surface area contributed by atoms with E-state index in [1.54, 1.807) is 0 Å². The molecule has 7 heteroatoms. The van der Waals surface area contributed by atoms with Gasteiger partial charge in [0, 0.05) is 26.0 Å². The highest BCUT2D eigenvalue weighted by molar-refractivity contribution is 5.91. The first-order valence-electron chi connectivity index (χ1n) is 5.79. The Balaban J connectivity index is 2.26. The molecule has 18 heavy (non-hydrogen) atoms. The van der Waals surface area contributed by atoms with E-state index >= 15 is 0 Å². The summed E-state index contributed by atoms with van der Waals surface area (Å²) < 4.78 is 6.56. The van der Waals surface area contributed by atoms with Crippen LogP contribution in [-0.2, 0) is 11.3 Å². The van der Waals surface area contributed by atoms with Crippen molar-refractivity contribution in [3.8, 4) is 0 Å². The maximum Gasteiger partial charge on any atom is 0.328 e. The quantitative estimate of drug-likeness (QED) is 0.725. The predicted molar refractivity (Wildman–Crippen MR) is 63.4 cm³/mol. The van der Waals surface area contributed by atoms with Crippen molar-refractivity contribution >= 4 is 5.91 Å². The van der Waals surface area contributed by atoms with Crippen LogP contribution in [0.2, 0.25) is 0 Å². The molecule has 2 heterocycles. The third-order valence-electron chi connectivity index (χ3n) is 3.07. The van der Waals surface area contributed by atoms with Crippen molar-refractivity contribution in [2.24, 2.45) is 11.7 Å². The highest BCUT2D eigenvalue weighted by atomic mass is 16.5. The van der Waals surface area contributed by atoms with Crippen LogP contribution in [0.1, 0.15) is 23.2 Å². The van der Waals surface area contributed by atoms with Gasteiger partial charge in [-0.2, -0.15) is 0 Å². The van der Waals surface area contributed by atoms with E-state index in [0.29, 0.717) is 25.7 Å². The minimum Gasteiger partial charge on any atom is -0.381 e. The third-order valence-corrected chi connectivity index (χ3v) is 3.07. The van der Waals surface area contributed by atoms with Crippen molar-refractivity contribution in [3.05, 3.63) is 32.6 Å². The number of ether oxygens (including phenoxy) is 1. The number of amides is 1. The molecule has 1 amide bonds. The van der Waals surface area contributed by atoms with Gasteiger partial charge in [0.05, 0.1) is 0 Å². The molecule has 1 fully saturated rings. The van der Waals surface area contributed by atoms with Gasteiger partial charge in [0.25, 0.3) is 11.5 Å². The Morgan fingerprint density at radius 2 is 2.11 bits per heavy atom. The first-order chi connectivity index (χ1) is 8.58. The molecule has 1 aromatic rings.